The van der Waals surface area contributed by atoms with E-state index in [0.29, 0.717) is 12.4 Å². The van der Waals surface area contributed by atoms with Crippen LogP contribution in [0, 0.1) is 5.82 Å². The van der Waals surface area contributed by atoms with Crippen molar-refractivity contribution in [2.45, 2.75) is 18.5 Å². The van der Waals surface area contributed by atoms with Gasteiger partial charge < -0.3 is 10.1 Å². The van der Waals surface area contributed by atoms with E-state index in [1.807, 2.05) is 30.3 Å². The van der Waals surface area contributed by atoms with Crippen molar-refractivity contribution in [3.63, 3.8) is 0 Å². The smallest absolute Gasteiger partial charge is 0.243 e. The second-order valence-corrected chi connectivity index (χ2v) is 5.73. The molecule has 24 heavy (non-hydrogen) atoms. The van der Waals surface area contributed by atoms with Gasteiger partial charge in [-0.2, -0.15) is 0 Å². The molecule has 122 valence electrons. The molecule has 3 aromatic rings. The summed E-state index contributed by atoms with van der Waals surface area (Å²) >= 11 is 0. The van der Waals surface area contributed by atoms with E-state index in [4.69, 9.17) is 4.74 Å². The van der Waals surface area contributed by atoms with Gasteiger partial charge in [-0.05, 0) is 52.2 Å². The van der Waals surface area contributed by atoms with Crippen molar-refractivity contribution in [1.29, 1.82) is 0 Å². The average molecular weight is 325 g/mol. The van der Waals surface area contributed by atoms with Gasteiger partial charge in [-0.1, -0.05) is 29.4 Å². The van der Waals surface area contributed by atoms with E-state index < -0.39 is 0 Å². The minimum Gasteiger partial charge on any atom is -0.497 e. The molecule has 2 aromatic carbocycles. The van der Waals surface area contributed by atoms with E-state index in [1.165, 1.54) is 12.1 Å². The number of hydrogen-bond acceptors (Lipinski definition) is 5. The van der Waals surface area contributed by atoms with E-state index >= 15 is 0 Å². The Kier molecular flexibility index (Phi) is 3.60. The highest BCUT2D eigenvalue weighted by molar-refractivity contribution is 5.39. The van der Waals surface area contributed by atoms with E-state index in [0.717, 1.165) is 16.9 Å². The molecular formula is C17H16FN5O. The van der Waals surface area contributed by atoms with Crippen LogP contribution < -0.4 is 10.1 Å². The van der Waals surface area contributed by atoms with E-state index in [2.05, 4.69) is 20.8 Å². The van der Waals surface area contributed by atoms with Crippen molar-refractivity contribution in [2.24, 2.45) is 0 Å². The maximum atomic E-state index is 13.6. The first-order chi connectivity index (χ1) is 11.7. The fraction of sp³-hybridized carbons (Fsp3) is 0.235. The maximum absolute atomic E-state index is 13.6. The normalized spacial score (nSPS) is 19.4. The first-order valence-corrected chi connectivity index (χ1v) is 7.68. The molecule has 0 radical (unpaired) electrons. The molecule has 0 saturated carbocycles. The third-order valence-corrected chi connectivity index (χ3v) is 4.28. The number of methoxy groups -OCH3 is 1. The Labute approximate surface area is 138 Å². The summed E-state index contributed by atoms with van der Waals surface area (Å²) in [6.45, 7) is 0. The van der Waals surface area contributed by atoms with Gasteiger partial charge in [-0.3, -0.25) is 0 Å². The van der Waals surface area contributed by atoms with Crippen LogP contribution >= 0.6 is 0 Å². The zero-order chi connectivity index (χ0) is 16.5. The molecule has 4 rings (SSSR count). The number of benzene rings is 2. The number of aromatic nitrogens is 4. The zero-order valence-corrected chi connectivity index (χ0v) is 13.1. The van der Waals surface area contributed by atoms with Crippen LogP contribution in [0.1, 0.15) is 29.6 Å². The molecule has 2 heterocycles. The minimum absolute atomic E-state index is 0.00636. The molecule has 1 aliphatic rings. The summed E-state index contributed by atoms with van der Waals surface area (Å²) in [5, 5.41) is 15.2. The lowest BCUT2D eigenvalue weighted by molar-refractivity contribution is 0.408. The Morgan fingerprint density at radius 2 is 2.00 bits per heavy atom. The predicted octanol–water partition coefficient (Wildman–Crippen LogP) is 2.97. The Morgan fingerprint density at radius 3 is 2.83 bits per heavy atom. The lowest BCUT2D eigenvalue weighted by atomic mass is 9.93. The van der Waals surface area contributed by atoms with Crippen molar-refractivity contribution in [3.8, 4) is 5.75 Å². The summed E-state index contributed by atoms with van der Waals surface area (Å²) in [6, 6.07) is 14.3. The van der Waals surface area contributed by atoms with Gasteiger partial charge in [-0.25, -0.2) is 9.07 Å². The second kappa shape index (κ2) is 5.92. The van der Waals surface area contributed by atoms with Gasteiger partial charge in [0.2, 0.25) is 5.95 Å². The van der Waals surface area contributed by atoms with Crippen LogP contribution in [0.15, 0.2) is 48.5 Å². The van der Waals surface area contributed by atoms with Crippen LogP contribution in [-0.2, 0) is 0 Å². The van der Waals surface area contributed by atoms with Gasteiger partial charge in [0.05, 0.1) is 19.2 Å². The summed E-state index contributed by atoms with van der Waals surface area (Å²) in [5.41, 5.74) is 1.92. The number of halogens is 1. The molecule has 1 aliphatic heterocycles. The van der Waals surface area contributed by atoms with Crippen LogP contribution in [0.5, 0.6) is 5.75 Å². The summed E-state index contributed by atoms with van der Waals surface area (Å²) in [6.07, 6.45) is 0.703. The molecule has 0 aliphatic carbocycles. The number of hydrogen-bond donors (Lipinski definition) is 1. The number of ether oxygens (including phenoxy) is 1. The number of nitrogens with zero attached hydrogens (tertiary/aromatic N) is 4. The summed E-state index contributed by atoms with van der Waals surface area (Å²) in [5.74, 6) is 1.10. The molecular weight excluding hydrogens is 309 g/mol. The molecule has 0 unspecified atom stereocenters. The first-order valence-electron chi connectivity index (χ1n) is 7.68. The van der Waals surface area contributed by atoms with Gasteiger partial charge in [0.15, 0.2) is 0 Å². The van der Waals surface area contributed by atoms with Crippen LogP contribution in [-0.4, -0.2) is 27.3 Å². The molecule has 6 nitrogen and oxygen atoms in total. The van der Waals surface area contributed by atoms with Gasteiger partial charge in [0, 0.05) is 0 Å². The van der Waals surface area contributed by atoms with Gasteiger partial charge in [0.25, 0.3) is 0 Å². The third-order valence-electron chi connectivity index (χ3n) is 4.28. The fourth-order valence-corrected chi connectivity index (χ4v) is 3.11. The molecule has 0 bridgehead atoms. The largest absolute Gasteiger partial charge is 0.497 e. The molecule has 0 spiro atoms. The highest BCUT2D eigenvalue weighted by Crippen LogP contribution is 2.37. The van der Waals surface area contributed by atoms with Crippen molar-refractivity contribution < 1.29 is 9.13 Å². The number of tetrazole rings is 1. The Balaban J connectivity index is 1.73. The highest BCUT2D eigenvalue weighted by atomic mass is 19.1. The molecule has 0 saturated heterocycles. The molecule has 0 fully saturated rings. The Bertz CT molecular complexity index is 865. The van der Waals surface area contributed by atoms with E-state index in [9.17, 15) is 4.39 Å². The fourth-order valence-electron chi connectivity index (χ4n) is 3.11. The molecule has 1 aromatic heterocycles. The highest BCUT2D eigenvalue weighted by Gasteiger charge is 2.30. The van der Waals surface area contributed by atoms with Crippen LogP contribution in [0.3, 0.4) is 0 Å². The van der Waals surface area contributed by atoms with Gasteiger partial charge in [0.1, 0.15) is 11.6 Å². The standard InChI is InChI=1S/C17H16FN5O/c1-24-14-7-3-4-11(9-14)15-10-16(12-5-2-6-13(18)8-12)23-17(19-15)20-21-22-23/h2-9,15-16H,10H2,1H3,(H,19,20,22)/t15-,16-/m0/s1. The van der Waals surface area contributed by atoms with Crippen molar-refractivity contribution >= 4 is 5.95 Å². The first kappa shape index (κ1) is 14.6. The van der Waals surface area contributed by atoms with Gasteiger partial charge >= 0.3 is 0 Å². The molecule has 2 atom stereocenters. The van der Waals surface area contributed by atoms with Crippen molar-refractivity contribution in [1.82, 2.24) is 20.2 Å². The van der Waals surface area contributed by atoms with Crippen molar-refractivity contribution in [3.05, 3.63) is 65.5 Å². The zero-order valence-electron chi connectivity index (χ0n) is 13.1. The average Bonchev–Trinajstić information content (AvgIpc) is 3.09. The molecule has 1 N–H and O–H groups in total. The summed E-state index contributed by atoms with van der Waals surface area (Å²) in [7, 11) is 1.64. The van der Waals surface area contributed by atoms with E-state index in [-0.39, 0.29) is 17.9 Å². The Morgan fingerprint density at radius 1 is 1.17 bits per heavy atom. The maximum Gasteiger partial charge on any atom is 0.243 e. The number of nitrogens with one attached hydrogen (secondary N) is 1. The number of anilines is 1. The van der Waals surface area contributed by atoms with E-state index in [1.54, 1.807) is 17.9 Å². The number of fused-ring (bicyclic) bond motifs is 1. The topological polar surface area (TPSA) is 64.9 Å². The predicted molar refractivity (Wildman–Crippen MR) is 86.3 cm³/mol. The molecule has 7 heteroatoms. The van der Waals surface area contributed by atoms with Crippen LogP contribution in [0.2, 0.25) is 0 Å². The lowest BCUT2D eigenvalue weighted by Gasteiger charge is -2.31. The lowest BCUT2D eigenvalue weighted by Crippen LogP contribution is -2.28. The molecule has 0 amide bonds. The van der Waals surface area contributed by atoms with Crippen LogP contribution in [0.4, 0.5) is 10.3 Å². The monoisotopic (exact) mass is 325 g/mol. The summed E-state index contributed by atoms with van der Waals surface area (Å²) < 4.78 is 20.7. The summed E-state index contributed by atoms with van der Waals surface area (Å²) in [4.78, 5) is 0. The quantitative estimate of drug-likeness (QED) is 0.802. The minimum atomic E-state index is -0.265. The second-order valence-electron chi connectivity index (χ2n) is 5.73. The SMILES string of the molecule is COc1cccc([C@@H]2C[C@@H](c3cccc(F)c3)n3nnnc3N2)c1. The third kappa shape index (κ3) is 2.58. The van der Waals surface area contributed by atoms with Crippen molar-refractivity contribution in [2.75, 3.05) is 12.4 Å². The van der Waals surface area contributed by atoms with Crippen LogP contribution in [0.25, 0.3) is 0 Å². The number of rotatable bonds is 3. The van der Waals surface area contributed by atoms with Gasteiger partial charge in [-0.15, -0.1) is 0 Å². The Hall–Kier alpha value is -2.96.